The molecule has 6 aromatic rings. The number of pyridine rings is 1. The second kappa shape index (κ2) is 13.2. The smallest absolute Gasteiger partial charge is 0.137 e. The first-order chi connectivity index (χ1) is 24.0. The minimum absolute atomic E-state index is 0.0790. The third-order valence-electron chi connectivity index (χ3n) is 11.0. The molecule has 0 amide bonds. The van der Waals surface area contributed by atoms with Gasteiger partial charge in [0, 0.05) is 46.3 Å². The number of hydrogen-bond donors (Lipinski definition) is 0. The van der Waals surface area contributed by atoms with Crippen LogP contribution in [0.4, 0.5) is 0 Å². The Morgan fingerprint density at radius 1 is 0.840 bits per heavy atom. The van der Waals surface area contributed by atoms with Gasteiger partial charge < -0.3 is 4.74 Å². The number of benzene rings is 3. The summed E-state index contributed by atoms with van der Waals surface area (Å²) in [7, 11) is 0. The molecule has 0 aliphatic heterocycles. The summed E-state index contributed by atoms with van der Waals surface area (Å²) in [5.74, 6) is 4.19. The molecule has 0 bridgehead atoms. The molecule has 0 spiro atoms. The zero-order valence-corrected chi connectivity index (χ0v) is 31.3. The van der Waals surface area contributed by atoms with Gasteiger partial charge in [-0.05, 0) is 104 Å². The number of nitrogens with zero attached hydrogens (tertiary/aromatic N) is 4. The van der Waals surface area contributed by atoms with E-state index in [9.17, 15) is 0 Å². The van der Waals surface area contributed by atoms with E-state index in [1.54, 1.807) is 5.57 Å². The molecular weight excluding hydrogens is 613 g/mol. The highest BCUT2D eigenvalue weighted by molar-refractivity contribution is 6.09. The molecule has 50 heavy (non-hydrogen) atoms. The van der Waals surface area contributed by atoms with Crippen molar-refractivity contribution in [1.29, 1.82) is 0 Å². The molecule has 258 valence electrons. The summed E-state index contributed by atoms with van der Waals surface area (Å²) < 4.78 is 11.2. The molecule has 3 atom stereocenters. The summed E-state index contributed by atoms with van der Waals surface area (Å²) in [5.41, 5.74) is 11.0. The molecule has 5 nitrogen and oxygen atoms in total. The number of allylic oxidation sites excluding steroid dienone is 2. The highest BCUT2D eigenvalue weighted by atomic mass is 16.5. The Labute approximate surface area is 298 Å². The van der Waals surface area contributed by atoms with Gasteiger partial charge in [0.15, 0.2) is 0 Å². The van der Waals surface area contributed by atoms with Crippen molar-refractivity contribution < 1.29 is 4.74 Å². The normalized spacial score (nSPS) is 18.2. The Hall–Kier alpha value is -4.64. The van der Waals surface area contributed by atoms with E-state index in [1.807, 2.05) is 6.20 Å². The standard InChI is InChI=1S/C45H52N4O/c1-10-31-19-20-46-42(23-31)48-40-16-14-13-15-38(40)39-18-17-36(27-41(39)48)50-37-25-34(45(7,8)9)24-35(26-37)49-30(6)43(29(5)47-49)44-32(11-2)21-28(4)22-33(44)12-3/h13-21,23-28,33,44H,10-12,22H2,1-9H3/t28-,33?,44-/m0/s1. The van der Waals surface area contributed by atoms with E-state index in [4.69, 9.17) is 14.8 Å². The Balaban J connectivity index is 1.33. The van der Waals surface area contributed by atoms with Crippen LogP contribution in [-0.4, -0.2) is 19.3 Å². The number of ether oxygens (including phenoxy) is 1. The van der Waals surface area contributed by atoms with Crippen molar-refractivity contribution in [3.05, 3.63) is 119 Å². The molecule has 5 heteroatoms. The van der Waals surface area contributed by atoms with E-state index in [0.29, 0.717) is 17.8 Å². The third kappa shape index (κ3) is 6.05. The Morgan fingerprint density at radius 3 is 2.36 bits per heavy atom. The van der Waals surface area contributed by atoms with Crippen LogP contribution in [0.25, 0.3) is 33.3 Å². The molecule has 7 rings (SSSR count). The molecule has 3 heterocycles. The van der Waals surface area contributed by atoms with Gasteiger partial charge in [-0.3, -0.25) is 4.57 Å². The largest absolute Gasteiger partial charge is 0.457 e. The third-order valence-corrected chi connectivity index (χ3v) is 11.0. The molecular formula is C45H52N4O. The Morgan fingerprint density at radius 2 is 1.62 bits per heavy atom. The molecule has 0 radical (unpaired) electrons. The molecule has 1 aliphatic carbocycles. The lowest BCUT2D eigenvalue weighted by atomic mass is 9.69. The van der Waals surface area contributed by atoms with Crippen molar-refractivity contribution in [3.63, 3.8) is 0 Å². The number of aromatic nitrogens is 4. The molecule has 3 aromatic heterocycles. The van der Waals surface area contributed by atoms with Crippen LogP contribution in [0.15, 0.2) is 90.6 Å². The summed E-state index contributed by atoms with van der Waals surface area (Å²) in [6.07, 6.45) is 8.89. The average Bonchev–Trinajstić information content (AvgIpc) is 3.59. The summed E-state index contributed by atoms with van der Waals surface area (Å²) in [6.45, 7) is 20.5. The van der Waals surface area contributed by atoms with Crippen molar-refractivity contribution in [2.24, 2.45) is 11.8 Å². The number of aryl methyl sites for hydroxylation is 2. The molecule has 0 saturated carbocycles. The maximum Gasteiger partial charge on any atom is 0.137 e. The van der Waals surface area contributed by atoms with Gasteiger partial charge in [0.1, 0.15) is 17.3 Å². The van der Waals surface area contributed by atoms with Gasteiger partial charge >= 0.3 is 0 Å². The van der Waals surface area contributed by atoms with Crippen molar-refractivity contribution in [2.45, 2.75) is 99.3 Å². The Bertz CT molecular complexity index is 2230. The fraction of sp³-hybridized carbons (Fsp3) is 0.378. The van der Waals surface area contributed by atoms with Gasteiger partial charge in [-0.2, -0.15) is 5.10 Å². The van der Waals surface area contributed by atoms with E-state index in [-0.39, 0.29) is 5.41 Å². The van der Waals surface area contributed by atoms with Gasteiger partial charge in [0.2, 0.25) is 0 Å². The Kier molecular flexibility index (Phi) is 8.96. The van der Waals surface area contributed by atoms with Crippen LogP contribution in [0, 0.1) is 25.7 Å². The first-order valence-corrected chi connectivity index (χ1v) is 18.6. The van der Waals surface area contributed by atoms with Crippen molar-refractivity contribution in [3.8, 4) is 23.0 Å². The molecule has 1 unspecified atom stereocenters. The molecule has 0 N–H and O–H groups in total. The van der Waals surface area contributed by atoms with Crippen molar-refractivity contribution >= 4 is 21.8 Å². The maximum absolute atomic E-state index is 6.81. The van der Waals surface area contributed by atoms with Gasteiger partial charge in [-0.15, -0.1) is 0 Å². The number of para-hydroxylation sites is 1. The predicted octanol–water partition coefficient (Wildman–Crippen LogP) is 12.1. The quantitative estimate of drug-likeness (QED) is 0.152. The van der Waals surface area contributed by atoms with Crippen LogP contribution in [0.2, 0.25) is 0 Å². The molecule has 0 fully saturated rings. The number of fused-ring (bicyclic) bond motifs is 3. The minimum atomic E-state index is -0.0790. The van der Waals surface area contributed by atoms with E-state index < -0.39 is 0 Å². The van der Waals surface area contributed by atoms with E-state index in [2.05, 4.69) is 150 Å². The van der Waals surface area contributed by atoms with Crippen LogP contribution in [0.5, 0.6) is 11.5 Å². The summed E-state index contributed by atoms with van der Waals surface area (Å²) in [6, 6.07) is 25.9. The number of rotatable bonds is 8. The summed E-state index contributed by atoms with van der Waals surface area (Å²) in [4.78, 5) is 4.81. The van der Waals surface area contributed by atoms with Crippen LogP contribution in [0.1, 0.15) is 102 Å². The SMILES string of the molecule is CCC1=C[C@H](C)CC(CC)[C@H]1c1c(C)nn(-c2cc(Oc3ccc4c5ccccc5n(-c5cc(CC)ccn5)c4c3)cc(C(C)(C)C)c2)c1C. The first-order valence-electron chi connectivity index (χ1n) is 18.6. The second-order valence-corrected chi connectivity index (χ2v) is 15.4. The van der Waals surface area contributed by atoms with E-state index in [0.717, 1.165) is 52.6 Å². The topological polar surface area (TPSA) is 44.9 Å². The lowest BCUT2D eigenvalue weighted by molar-refractivity contribution is 0.347. The zero-order chi connectivity index (χ0) is 35.3. The molecule has 1 aliphatic rings. The van der Waals surface area contributed by atoms with E-state index >= 15 is 0 Å². The lowest BCUT2D eigenvalue weighted by Gasteiger charge is -2.35. The monoisotopic (exact) mass is 664 g/mol. The fourth-order valence-electron chi connectivity index (χ4n) is 8.37. The molecule has 3 aromatic carbocycles. The van der Waals surface area contributed by atoms with Crippen molar-refractivity contribution in [1.82, 2.24) is 19.3 Å². The summed E-state index contributed by atoms with van der Waals surface area (Å²) >= 11 is 0. The van der Waals surface area contributed by atoms with Gasteiger partial charge in [-0.1, -0.05) is 84.7 Å². The number of hydrogen-bond acceptors (Lipinski definition) is 3. The summed E-state index contributed by atoms with van der Waals surface area (Å²) in [5, 5.41) is 7.61. The maximum atomic E-state index is 6.81. The van der Waals surface area contributed by atoms with Gasteiger partial charge in [-0.25, -0.2) is 9.67 Å². The minimum Gasteiger partial charge on any atom is -0.457 e. The first kappa shape index (κ1) is 33.8. The van der Waals surface area contributed by atoms with Gasteiger partial charge in [0.05, 0.1) is 22.4 Å². The second-order valence-electron chi connectivity index (χ2n) is 15.4. The zero-order valence-electron chi connectivity index (χ0n) is 31.3. The van der Waals surface area contributed by atoms with Crippen molar-refractivity contribution in [2.75, 3.05) is 0 Å². The highest BCUT2D eigenvalue weighted by Crippen LogP contribution is 2.46. The van der Waals surface area contributed by atoms with Crippen LogP contribution in [-0.2, 0) is 11.8 Å². The lowest BCUT2D eigenvalue weighted by Crippen LogP contribution is -2.23. The van der Waals surface area contributed by atoms with Crippen LogP contribution >= 0.6 is 0 Å². The fourth-order valence-corrected chi connectivity index (χ4v) is 8.37. The van der Waals surface area contributed by atoms with Gasteiger partial charge in [0.25, 0.3) is 0 Å². The van der Waals surface area contributed by atoms with E-state index in [1.165, 1.54) is 46.0 Å². The molecule has 0 saturated heterocycles. The van der Waals surface area contributed by atoms with Crippen LogP contribution in [0.3, 0.4) is 0 Å². The highest BCUT2D eigenvalue weighted by Gasteiger charge is 2.34. The average molecular weight is 665 g/mol. The van der Waals surface area contributed by atoms with Crippen LogP contribution < -0.4 is 4.74 Å². The predicted molar refractivity (Wildman–Crippen MR) is 208 cm³/mol.